The summed E-state index contributed by atoms with van der Waals surface area (Å²) in [7, 11) is 1.61. The van der Waals surface area contributed by atoms with E-state index in [9.17, 15) is 4.79 Å². The third-order valence-electron chi connectivity index (χ3n) is 4.33. The molecule has 0 atom stereocenters. The highest BCUT2D eigenvalue weighted by Gasteiger charge is 2.13. The van der Waals surface area contributed by atoms with E-state index in [2.05, 4.69) is 10.1 Å². The van der Waals surface area contributed by atoms with Crippen molar-refractivity contribution in [3.8, 4) is 22.9 Å². The van der Waals surface area contributed by atoms with Crippen LogP contribution in [0.15, 0.2) is 71.3 Å². The van der Waals surface area contributed by atoms with Gasteiger partial charge in [0.15, 0.2) is 0 Å². The minimum atomic E-state index is -0.347. The first-order valence-electron chi connectivity index (χ1n) is 8.88. The van der Waals surface area contributed by atoms with E-state index in [0.717, 1.165) is 22.1 Å². The molecule has 0 saturated carbocycles. The number of rotatable bonds is 6. The number of ether oxygens (including phenoxy) is 2. The maximum absolute atomic E-state index is 12.3. The Kier molecular flexibility index (Phi) is 5.01. The van der Waals surface area contributed by atoms with Crippen molar-refractivity contribution in [2.24, 2.45) is 0 Å². The van der Waals surface area contributed by atoms with Gasteiger partial charge in [-0.05, 0) is 35.7 Å². The zero-order valence-corrected chi connectivity index (χ0v) is 15.3. The van der Waals surface area contributed by atoms with Crippen molar-refractivity contribution in [3.05, 3.63) is 72.6 Å². The molecule has 0 aliphatic carbocycles. The Bertz CT molecular complexity index is 1100. The Labute approximate surface area is 161 Å². The Morgan fingerprint density at radius 3 is 2.61 bits per heavy atom. The summed E-state index contributed by atoms with van der Waals surface area (Å²) in [6.45, 7) is 0. The van der Waals surface area contributed by atoms with Gasteiger partial charge >= 0.3 is 5.97 Å². The van der Waals surface area contributed by atoms with Crippen LogP contribution in [0, 0.1) is 0 Å². The molecule has 0 bridgehead atoms. The average Bonchev–Trinajstić information content (AvgIpc) is 3.22. The van der Waals surface area contributed by atoms with Crippen LogP contribution >= 0.6 is 0 Å². The molecule has 0 aliphatic heterocycles. The lowest BCUT2D eigenvalue weighted by Crippen LogP contribution is -2.09. The second-order valence-electron chi connectivity index (χ2n) is 6.19. The predicted octanol–water partition coefficient (Wildman–Crippen LogP) is 4.44. The molecule has 0 radical (unpaired) electrons. The molecule has 0 N–H and O–H groups in total. The number of aryl methyl sites for hydroxylation is 1. The third-order valence-corrected chi connectivity index (χ3v) is 4.33. The molecule has 28 heavy (non-hydrogen) atoms. The highest BCUT2D eigenvalue weighted by Crippen LogP contribution is 2.25. The summed E-state index contributed by atoms with van der Waals surface area (Å²) >= 11 is 0. The fraction of sp³-hybridized carbons (Fsp3) is 0.136. The van der Waals surface area contributed by atoms with E-state index in [4.69, 9.17) is 14.0 Å². The van der Waals surface area contributed by atoms with E-state index in [0.29, 0.717) is 23.9 Å². The van der Waals surface area contributed by atoms with Crippen LogP contribution in [0.25, 0.3) is 22.2 Å². The van der Waals surface area contributed by atoms with Crippen LogP contribution in [0.5, 0.6) is 11.5 Å². The molecular weight excluding hydrogens is 356 g/mol. The number of hydrogen-bond acceptors (Lipinski definition) is 6. The molecule has 1 heterocycles. The van der Waals surface area contributed by atoms with Crippen molar-refractivity contribution >= 4 is 16.7 Å². The van der Waals surface area contributed by atoms with Gasteiger partial charge < -0.3 is 14.0 Å². The highest BCUT2D eigenvalue weighted by atomic mass is 16.5. The lowest BCUT2D eigenvalue weighted by atomic mass is 10.1. The van der Waals surface area contributed by atoms with E-state index in [-0.39, 0.29) is 12.4 Å². The minimum Gasteiger partial charge on any atom is -0.497 e. The number of methoxy groups -OCH3 is 1. The van der Waals surface area contributed by atoms with Gasteiger partial charge in [0.25, 0.3) is 0 Å². The van der Waals surface area contributed by atoms with Gasteiger partial charge in [-0.25, -0.2) is 0 Å². The Balaban J connectivity index is 1.39. The van der Waals surface area contributed by atoms with E-state index in [1.165, 1.54) is 0 Å². The van der Waals surface area contributed by atoms with Gasteiger partial charge in [-0.1, -0.05) is 41.6 Å². The second kappa shape index (κ2) is 7.92. The minimum absolute atomic E-state index is 0.146. The molecular formula is C22H18N2O4. The number of fused-ring (bicyclic) bond motifs is 1. The van der Waals surface area contributed by atoms with E-state index >= 15 is 0 Å². The molecule has 6 heteroatoms. The van der Waals surface area contributed by atoms with Crippen molar-refractivity contribution in [1.29, 1.82) is 0 Å². The Hall–Kier alpha value is -3.67. The molecule has 4 rings (SSSR count). The van der Waals surface area contributed by atoms with E-state index in [1.807, 2.05) is 60.7 Å². The van der Waals surface area contributed by atoms with Gasteiger partial charge in [0.05, 0.1) is 13.5 Å². The highest BCUT2D eigenvalue weighted by molar-refractivity contribution is 5.90. The maximum Gasteiger partial charge on any atom is 0.311 e. The molecule has 0 spiro atoms. The van der Waals surface area contributed by atoms with Crippen LogP contribution in [-0.2, 0) is 11.2 Å². The van der Waals surface area contributed by atoms with Gasteiger partial charge in [-0.2, -0.15) is 4.98 Å². The van der Waals surface area contributed by atoms with Crippen LogP contribution in [0.1, 0.15) is 12.3 Å². The third kappa shape index (κ3) is 3.86. The van der Waals surface area contributed by atoms with Crippen molar-refractivity contribution in [2.75, 3.05) is 7.11 Å². The van der Waals surface area contributed by atoms with Gasteiger partial charge in [-0.3, -0.25) is 4.79 Å². The molecule has 0 unspecified atom stereocenters. The molecule has 0 aliphatic rings. The number of aromatic nitrogens is 2. The van der Waals surface area contributed by atoms with E-state index in [1.54, 1.807) is 13.2 Å². The zero-order valence-electron chi connectivity index (χ0n) is 15.3. The van der Waals surface area contributed by atoms with Crippen LogP contribution in [0.3, 0.4) is 0 Å². The van der Waals surface area contributed by atoms with Gasteiger partial charge in [-0.15, -0.1) is 0 Å². The monoisotopic (exact) mass is 374 g/mol. The van der Waals surface area contributed by atoms with Crippen LogP contribution in [0.2, 0.25) is 0 Å². The Morgan fingerprint density at radius 1 is 1.00 bits per heavy atom. The first-order valence-corrected chi connectivity index (χ1v) is 8.88. The van der Waals surface area contributed by atoms with Crippen molar-refractivity contribution in [2.45, 2.75) is 12.8 Å². The lowest BCUT2D eigenvalue weighted by Gasteiger charge is -2.07. The molecule has 6 nitrogen and oxygen atoms in total. The van der Waals surface area contributed by atoms with Crippen molar-refractivity contribution in [3.63, 3.8) is 0 Å². The molecule has 0 saturated heterocycles. The fourth-order valence-electron chi connectivity index (χ4n) is 2.88. The van der Waals surface area contributed by atoms with Crippen molar-refractivity contribution < 1.29 is 18.8 Å². The van der Waals surface area contributed by atoms with Crippen LogP contribution in [0.4, 0.5) is 0 Å². The van der Waals surface area contributed by atoms with Crippen LogP contribution < -0.4 is 9.47 Å². The molecule has 0 fully saturated rings. The fourth-order valence-corrected chi connectivity index (χ4v) is 2.88. The smallest absolute Gasteiger partial charge is 0.311 e. The van der Waals surface area contributed by atoms with E-state index < -0.39 is 0 Å². The summed E-state index contributed by atoms with van der Waals surface area (Å²) in [5.41, 5.74) is 0.814. The lowest BCUT2D eigenvalue weighted by molar-refractivity contribution is -0.134. The van der Waals surface area contributed by atoms with Crippen molar-refractivity contribution in [1.82, 2.24) is 10.1 Å². The number of carbonyl (C=O) groups is 1. The zero-order chi connectivity index (χ0) is 19.3. The maximum atomic E-state index is 12.3. The van der Waals surface area contributed by atoms with Gasteiger partial charge in [0.1, 0.15) is 11.5 Å². The Morgan fingerprint density at radius 2 is 1.79 bits per heavy atom. The topological polar surface area (TPSA) is 74.5 Å². The SMILES string of the molecule is COc1ccc(-c2noc(CCC(=O)Oc3cccc4ccccc34)n2)cc1. The molecule has 4 aromatic rings. The summed E-state index contributed by atoms with van der Waals surface area (Å²) in [4.78, 5) is 16.6. The second-order valence-corrected chi connectivity index (χ2v) is 6.19. The number of nitrogens with zero attached hydrogens (tertiary/aromatic N) is 2. The molecule has 140 valence electrons. The quantitative estimate of drug-likeness (QED) is 0.367. The number of hydrogen-bond donors (Lipinski definition) is 0. The molecule has 1 aromatic heterocycles. The summed E-state index contributed by atoms with van der Waals surface area (Å²) in [5.74, 6) is 1.82. The standard InChI is InChI=1S/C22H18N2O4/c1-26-17-11-9-16(10-12-17)22-23-20(28-24-22)13-14-21(25)27-19-8-4-6-15-5-2-3-7-18(15)19/h2-12H,13-14H2,1H3. The predicted molar refractivity (Wildman–Crippen MR) is 104 cm³/mol. The first kappa shape index (κ1) is 17.7. The summed E-state index contributed by atoms with van der Waals surface area (Å²) in [6.07, 6.45) is 0.459. The molecule has 3 aromatic carbocycles. The number of carbonyl (C=O) groups excluding carboxylic acids is 1. The summed E-state index contributed by atoms with van der Waals surface area (Å²) in [6, 6.07) is 20.8. The normalized spacial score (nSPS) is 10.8. The van der Waals surface area contributed by atoms with Gasteiger partial charge in [0, 0.05) is 17.4 Å². The summed E-state index contributed by atoms with van der Waals surface area (Å²) < 4.78 is 15.9. The number of benzene rings is 3. The van der Waals surface area contributed by atoms with Gasteiger partial charge in [0.2, 0.25) is 11.7 Å². The largest absolute Gasteiger partial charge is 0.497 e. The van der Waals surface area contributed by atoms with Crippen LogP contribution in [-0.4, -0.2) is 23.2 Å². The number of esters is 1. The molecule has 0 amide bonds. The first-order chi connectivity index (χ1) is 13.7. The summed E-state index contributed by atoms with van der Waals surface area (Å²) in [5, 5.41) is 5.89. The average molecular weight is 374 g/mol.